The molecule has 1 N–H and O–H groups in total. The molecule has 0 unspecified atom stereocenters. The van der Waals surface area contributed by atoms with Gasteiger partial charge in [0.1, 0.15) is 0 Å². The minimum absolute atomic E-state index is 0.360. The topological polar surface area (TPSA) is 30.0 Å². The maximum Gasteiger partial charge on any atom is 0.156 e. The SMILES string of the molecule is CC=CN1C=C2C(O)=CN(C(C)C)CN2CC1. The van der Waals surface area contributed by atoms with E-state index < -0.39 is 0 Å². The van der Waals surface area contributed by atoms with Crippen LogP contribution >= 0.6 is 0 Å². The summed E-state index contributed by atoms with van der Waals surface area (Å²) in [4.78, 5) is 6.48. The number of rotatable bonds is 2. The van der Waals surface area contributed by atoms with Gasteiger partial charge in [-0.15, -0.1) is 0 Å². The largest absolute Gasteiger partial charge is 0.504 e. The van der Waals surface area contributed by atoms with E-state index in [0.717, 1.165) is 25.5 Å². The van der Waals surface area contributed by atoms with Crippen LogP contribution in [0, 0.1) is 0 Å². The van der Waals surface area contributed by atoms with Crippen molar-refractivity contribution >= 4 is 0 Å². The second-order valence-corrected chi connectivity index (χ2v) is 4.76. The highest BCUT2D eigenvalue weighted by Gasteiger charge is 2.26. The molecule has 0 bridgehead atoms. The van der Waals surface area contributed by atoms with Gasteiger partial charge in [-0.1, -0.05) is 6.08 Å². The van der Waals surface area contributed by atoms with Crippen LogP contribution in [0.5, 0.6) is 0 Å². The third-order valence-electron chi connectivity index (χ3n) is 3.15. The van der Waals surface area contributed by atoms with Crippen LogP contribution < -0.4 is 0 Å². The van der Waals surface area contributed by atoms with E-state index >= 15 is 0 Å². The Labute approximate surface area is 103 Å². The second-order valence-electron chi connectivity index (χ2n) is 4.76. The van der Waals surface area contributed by atoms with E-state index in [9.17, 15) is 5.11 Å². The van der Waals surface area contributed by atoms with E-state index in [1.807, 2.05) is 31.6 Å². The van der Waals surface area contributed by atoms with Crippen molar-refractivity contribution in [2.24, 2.45) is 0 Å². The van der Waals surface area contributed by atoms with Gasteiger partial charge in [0.2, 0.25) is 0 Å². The van der Waals surface area contributed by atoms with Gasteiger partial charge in [-0.05, 0) is 27.0 Å². The van der Waals surface area contributed by atoms with Gasteiger partial charge in [-0.3, -0.25) is 0 Å². The molecule has 0 amide bonds. The summed E-state index contributed by atoms with van der Waals surface area (Å²) in [6.07, 6.45) is 7.89. The van der Waals surface area contributed by atoms with Crippen LogP contribution in [0.3, 0.4) is 0 Å². The molecular formula is C13H21N3O. The highest BCUT2D eigenvalue weighted by molar-refractivity contribution is 5.27. The number of fused-ring (bicyclic) bond motifs is 1. The third kappa shape index (κ3) is 2.40. The molecule has 2 aliphatic rings. The molecule has 0 saturated carbocycles. The molecule has 2 aliphatic heterocycles. The lowest BCUT2D eigenvalue weighted by Crippen LogP contribution is -2.47. The van der Waals surface area contributed by atoms with Gasteiger partial charge >= 0.3 is 0 Å². The fraction of sp³-hybridized carbons (Fsp3) is 0.538. The fourth-order valence-electron chi connectivity index (χ4n) is 2.12. The molecule has 2 heterocycles. The van der Waals surface area contributed by atoms with Crippen molar-refractivity contribution in [3.63, 3.8) is 0 Å². The lowest BCUT2D eigenvalue weighted by molar-refractivity contribution is 0.129. The molecule has 0 fully saturated rings. The predicted molar refractivity (Wildman–Crippen MR) is 68.9 cm³/mol. The average molecular weight is 235 g/mol. The maximum atomic E-state index is 10.1. The third-order valence-corrected chi connectivity index (χ3v) is 3.15. The van der Waals surface area contributed by atoms with Gasteiger partial charge < -0.3 is 19.8 Å². The zero-order chi connectivity index (χ0) is 12.4. The molecule has 4 heteroatoms. The minimum Gasteiger partial charge on any atom is -0.504 e. The van der Waals surface area contributed by atoms with Gasteiger partial charge in [0.25, 0.3) is 0 Å². The molecular weight excluding hydrogens is 214 g/mol. The average Bonchev–Trinajstić information content (AvgIpc) is 2.30. The summed E-state index contributed by atoms with van der Waals surface area (Å²) in [7, 11) is 0. The second kappa shape index (κ2) is 4.73. The minimum atomic E-state index is 0.360. The van der Waals surface area contributed by atoms with Gasteiger partial charge in [0.15, 0.2) is 5.76 Å². The predicted octanol–water partition coefficient (Wildman–Crippen LogP) is 2.06. The first kappa shape index (κ1) is 11.9. The number of allylic oxidation sites excluding steroid dienone is 1. The summed E-state index contributed by atoms with van der Waals surface area (Å²) in [5.74, 6) is 0.360. The Balaban J connectivity index is 2.23. The summed E-state index contributed by atoms with van der Waals surface area (Å²) in [5.41, 5.74) is 0.922. The van der Waals surface area contributed by atoms with Crippen LogP contribution in [0.1, 0.15) is 20.8 Å². The van der Waals surface area contributed by atoms with Crippen LogP contribution in [0.25, 0.3) is 0 Å². The number of aliphatic hydroxyl groups excluding tert-OH is 1. The molecule has 0 aliphatic carbocycles. The number of hydrogen-bond acceptors (Lipinski definition) is 4. The molecule has 0 spiro atoms. The number of aliphatic hydroxyl groups is 1. The van der Waals surface area contributed by atoms with Gasteiger partial charge in [0, 0.05) is 31.5 Å². The first-order valence-electron chi connectivity index (χ1n) is 6.14. The van der Waals surface area contributed by atoms with Crippen molar-refractivity contribution in [2.75, 3.05) is 19.8 Å². The molecule has 2 rings (SSSR count). The first-order valence-corrected chi connectivity index (χ1v) is 6.14. The summed E-state index contributed by atoms with van der Waals surface area (Å²) in [6.45, 7) is 9.03. The normalized spacial score (nSPS) is 20.8. The lowest BCUT2D eigenvalue weighted by atomic mass is 10.2. The first-order chi connectivity index (χ1) is 8.11. The van der Waals surface area contributed by atoms with E-state index in [1.165, 1.54) is 0 Å². The molecule has 4 nitrogen and oxygen atoms in total. The van der Waals surface area contributed by atoms with Crippen molar-refractivity contribution in [2.45, 2.75) is 26.8 Å². The molecule has 0 radical (unpaired) electrons. The summed E-state index contributed by atoms with van der Waals surface area (Å²) < 4.78 is 0. The van der Waals surface area contributed by atoms with Crippen molar-refractivity contribution in [1.82, 2.24) is 14.7 Å². The quantitative estimate of drug-likeness (QED) is 0.793. The van der Waals surface area contributed by atoms with E-state index in [-0.39, 0.29) is 0 Å². The van der Waals surface area contributed by atoms with Crippen molar-refractivity contribution < 1.29 is 5.11 Å². The Kier molecular flexibility index (Phi) is 3.31. The fourth-order valence-corrected chi connectivity index (χ4v) is 2.12. The van der Waals surface area contributed by atoms with Gasteiger partial charge in [-0.2, -0.15) is 0 Å². The lowest BCUT2D eigenvalue weighted by Gasteiger charge is -2.42. The number of nitrogens with zero attached hydrogens (tertiary/aromatic N) is 3. The monoisotopic (exact) mass is 235 g/mol. The smallest absolute Gasteiger partial charge is 0.156 e. The molecule has 0 aromatic carbocycles. The number of hydrogen-bond donors (Lipinski definition) is 1. The molecule has 0 aromatic heterocycles. The summed E-state index contributed by atoms with van der Waals surface area (Å²) in [5, 5.41) is 10.1. The van der Waals surface area contributed by atoms with Crippen LogP contribution in [0.4, 0.5) is 0 Å². The van der Waals surface area contributed by atoms with E-state index in [4.69, 9.17) is 0 Å². The Hall–Kier alpha value is -1.58. The van der Waals surface area contributed by atoms with Gasteiger partial charge in [0.05, 0.1) is 12.4 Å². The Morgan fingerprint density at radius 1 is 1.29 bits per heavy atom. The van der Waals surface area contributed by atoms with Crippen LogP contribution in [0.2, 0.25) is 0 Å². The van der Waals surface area contributed by atoms with E-state index in [1.54, 1.807) is 0 Å². The van der Waals surface area contributed by atoms with E-state index in [0.29, 0.717) is 11.8 Å². The standard InChI is InChI=1S/C13H21N3O/c1-4-5-14-6-7-15-10-16(11(2)3)9-13(17)12(15)8-14/h4-5,8-9,11,17H,6-7,10H2,1-3H3. The van der Waals surface area contributed by atoms with Gasteiger partial charge in [-0.25, -0.2) is 0 Å². The highest BCUT2D eigenvalue weighted by Crippen LogP contribution is 2.24. The van der Waals surface area contributed by atoms with E-state index in [2.05, 4.69) is 28.5 Å². The zero-order valence-electron chi connectivity index (χ0n) is 10.8. The van der Waals surface area contributed by atoms with Crippen molar-refractivity contribution in [3.8, 4) is 0 Å². The molecule has 0 atom stereocenters. The Morgan fingerprint density at radius 3 is 2.71 bits per heavy atom. The molecule has 0 saturated heterocycles. The maximum absolute atomic E-state index is 10.1. The van der Waals surface area contributed by atoms with Crippen LogP contribution in [-0.2, 0) is 0 Å². The van der Waals surface area contributed by atoms with Crippen LogP contribution in [0.15, 0.2) is 36.1 Å². The Morgan fingerprint density at radius 2 is 2.06 bits per heavy atom. The summed E-state index contributed by atoms with van der Waals surface area (Å²) >= 11 is 0. The summed E-state index contributed by atoms with van der Waals surface area (Å²) in [6, 6.07) is 0.410. The highest BCUT2D eigenvalue weighted by atomic mass is 16.3. The molecule has 17 heavy (non-hydrogen) atoms. The zero-order valence-corrected chi connectivity index (χ0v) is 10.8. The van der Waals surface area contributed by atoms with Crippen LogP contribution in [-0.4, -0.2) is 45.6 Å². The van der Waals surface area contributed by atoms with Crippen molar-refractivity contribution in [3.05, 3.63) is 36.1 Å². The molecule has 94 valence electrons. The van der Waals surface area contributed by atoms with Crippen molar-refractivity contribution in [1.29, 1.82) is 0 Å². The Bertz CT molecular complexity index is 371. The molecule has 0 aromatic rings.